The van der Waals surface area contributed by atoms with Crippen LogP contribution in [0.3, 0.4) is 0 Å². The first-order valence-electron chi connectivity index (χ1n) is 10.9. The minimum absolute atomic E-state index is 0.0161. The van der Waals surface area contributed by atoms with E-state index in [1.54, 1.807) is 24.3 Å². The molecule has 34 heavy (non-hydrogen) atoms. The zero-order valence-electron chi connectivity index (χ0n) is 18.5. The number of carboxylic acid groups (broad SMARTS) is 1. The van der Waals surface area contributed by atoms with Crippen molar-refractivity contribution in [2.75, 3.05) is 19.7 Å². The minimum atomic E-state index is -4.22. The first-order chi connectivity index (χ1) is 16.1. The lowest BCUT2D eigenvalue weighted by Gasteiger charge is -2.22. The summed E-state index contributed by atoms with van der Waals surface area (Å²) in [4.78, 5) is 24.5. The van der Waals surface area contributed by atoms with E-state index in [4.69, 9.17) is 14.6 Å². The second-order valence-corrected chi connectivity index (χ2v) is 7.60. The van der Waals surface area contributed by atoms with Crippen molar-refractivity contribution in [2.24, 2.45) is 0 Å². The Morgan fingerprint density at radius 2 is 1.65 bits per heavy atom. The number of para-hydroxylation sites is 1. The van der Waals surface area contributed by atoms with Crippen molar-refractivity contribution in [2.45, 2.75) is 44.7 Å². The van der Waals surface area contributed by atoms with E-state index in [0.29, 0.717) is 18.6 Å². The van der Waals surface area contributed by atoms with Gasteiger partial charge in [0, 0.05) is 19.4 Å². The van der Waals surface area contributed by atoms with E-state index in [2.05, 4.69) is 0 Å². The van der Waals surface area contributed by atoms with Gasteiger partial charge in [0.2, 0.25) is 0 Å². The molecule has 1 amide bonds. The second kappa shape index (κ2) is 13.4. The third-order valence-electron chi connectivity index (χ3n) is 4.86. The number of unbranched alkanes of at least 4 members (excludes halogenated alkanes) is 2. The molecule has 2 aromatic rings. The molecule has 0 bridgehead atoms. The number of rotatable bonds is 13. The summed E-state index contributed by atoms with van der Waals surface area (Å²) in [6.45, 7) is 0.277. The number of carbonyl (C=O) groups is 2. The average Bonchev–Trinajstić information content (AvgIpc) is 2.77. The lowest BCUT2D eigenvalue weighted by Crippen LogP contribution is -2.37. The zero-order valence-corrected chi connectivity index (χ0v) is 18.5. The molecule has 186 valence electrons. The minimum Gasteiger partial charge on any atom is -0.492 e. The van der Waals surface area contributed by atoms with E-state index < -0.39 is 30.5 Å². The fourth-order valence-corrected chi connectivity index (χ4v) is 3.06. The molecule has 0 aromatic heterocycles. The van der Waals surface area contributed by atoms with E-state index in [1.165, 1.54) is 23.1 Å². The SMILES string of the molecule is O=C(O)CCc1ccc(OCCN(CCCCCC(F)(F)F)C(=O)Oc2ccccc2F)cc1. The maximum atomic E-state index is 13.8. The van der Waals surface area contributed by atoms with Crippen LogP contribution in [0.4, 0.5) is 22.4 Å². The van der Waals surface area contributed by atoms with Crippen molar-refractivity contribution in [3.63, 3.8) is 0 Å². The number of hydrogen-bond donors (Lipinski definition) is 1. The van der Waals surface area contributed by atoms with Gasteiger partial charge in [-0.1, -0.05) is 30.7 Å². The summed E-state index contributed by atoms with van der Waals surface area (Å²) < 4.78 is 61.5. The maximum absolute atomic E-state index is 13.8. The van der Waals surface area contributed by atoms with Crippen molar-refractivity contribution in [3.05, 3.63) is 59.9 Å². The molecule has 0 saturated carbocycles. The predicted molar refractivity (Wildman–Crippen MR) is 116 cm³/mol. The highest BCUT2D eigenvalue weighted by Gasteiger charge is 2.26. The van der Waals surface area contributed by atoms with Gasteiger partial charge in [0.15, 0.2) is 11.6 Å². The number of alkyl halides is 3. The molecule has 6 nitrogen and oxygen atoms in total. The quantitative estimate of drug-likeness (QED) is 0.285. The average molecular weight is 485 g/mol. The monoisotopic (exact) mass is 485 g/mol. The number of carbonyl (C=O) groups excluding carboxylic acids is 1. The normalized spacial score (nSPS) is 11.2. The van der Waals surface area contributed by atoms with Crippen LogP contribution >= 0.6 is 0 Å². The predicted octanol–water partition coefficient (Wildman–Crippen LogP) is 5.85. The van der Waals surface area contributed by atoms with Gasteiger partial charge in [0.1, 0.15) is 12.4 Å². The van der Waals surface area contributed by atoms with E-state index in [-0.39, 0.29) is 44.7 Å². The molecule has 0 atom stereocenters. The van der Waals surface area contributed by atoms with Gasteiger partial charge in [-0.25, -0.2) is 9.18 Å². The molecule has 0 radical (unpaired) electrons. The Hall–Kier alpha value is -3.30. The van der Waals surface area contributed by atoms with E-state index in [0.717, 1.165) is 11.6 Å². The Balaban J connectivity index is 1.89. The number of hydrogen-bond acceptors (Lipinski definition) is 4. The van der Waals surface area contributed by atoms with Crippen LogP contribution in [0.5, 0.6) is 11.5 Å². The topological polar surface area (TPSA) is 76.1 Å². The second-order valence-electron chi connectivity index (χ2n) is 7.60. The van der Waals surface area contributed by atoms with Gasteiger partial charge in [0.25, 0.3) is 0 Å². The van der Waals surface area contributed by atoms with Gasteiger partial charge >= 0.3 is 18.2 Å². The molecular weight excluding hydrogens is 458 g/mol. The summed E-state index contributed by atoms with van der Waals surface area (Å²) in [6, 6.07) is 12.2. The number of ether oxygens (including phenoxy) is 2. The molecule has 0 fully saturated rings. The molecule has 0 heterocycles. The van der Waals surface area contributed by atoms with E-state index in [9.17, 15) is 27.2 Å². The fourth-order valence-electron chi connectivity index (χ4n) is 3.06. The Bertz CT molecular complexity index is 918. The Morgan fingerprint density at radius 1 is 0.941 bits per heavy atom. The zero-order chi connectivity index (χ0) is 25.0. The van der Waals surface area contributed by atoms with Gasteiger partial charge in [0.05, 0.1) is 6.54 Å². The van der Waals surface area contributed by atoms with Crippen LogP contribution in [0.15, 0.2) is 48.5 Å². The number of aryl methyl sites for hydroxylation is 1. The Kier molecular flexibility index (Phi) is 10.6. The smallest absolute Gasteiger partial charge is 0.415 e. The molecule has 0 spiro atoms. The highest BCUT2D eigenvalue weighted by molar-refractivity contribution is 5.70. The third kappa shape index (κ3) is 10.5. The largest absolute Gasteiger partial charge is 0.492 e. The van der Waals surface area contributed by atoms with Gasteiger partial charge < -0.3 is 19.5 Å². The number of halogens is 4. The highest BCUT2D eigenvalue weighted by Crippen LogP contribution is 2.23. The summed E-state index contributed by atoms with van der Waals surface area (Å²) in [5.41, 5.74) is 0.837. The molecule has 0 unspecified atom stereocenters. The maximum Gasteiger partial charge on any atom is 0.415 e. The van der Waals surface area contributed by atoms with Crippen molar-refractivity contribution < 1.29 is 41.7 Å². The highest BCUT2D eigenvalue weighted by atomic mass is 19.4. The molecule has 0 aliphatic carbocycles. The van der Waals surface area contributed by atoms with Gasteiger partial charge in [-0.15, -0.1) is 0 Å². The van der Waals surface area contributed by atoms with Crippen LogP contribution in [-0.4, -0.2) is 47.9 Å². The molecule has 0 aliphatic heterocycles. The van der Waals surface area contributed by atoms with Crippen molar-refractivity contribution in [1.82, 2.24) is 4.90 Å². The van der Waals surface area contributed by atoms with Crippen LogP contribution < -0.4 is 9.47 Å². The van der Waals surface area contributed by atoms with Crippen LogP contribution in [0, 0.1) is 5.82 Å². The van der Waals surface area contributed by atoms with Gasteiger partial charge in [-0.05, 0) is 49.1 Å². The van der Waals surface area contributed by atoms with Crippen LogP contribution in [0.1, 0.15) is 37.7 Å². The lowest BCUT2D eigenvalue weighted by atomic mass is 10.1. The van der Waals surface area contributed by atoms with Crippen LogP contribution in [-0.2, 0) is 11.2 Å². The molecular formula is C24H27F4NO5. The third-order valence-corrected chi connectivity index (χ3v) is 4.86. The van der Waals surface area contributed by atoms with Crippen LogP contribution in [0.2, 0.25) is 0 Å². The first kappa shape index (κ1) is 26.9. The molecule has 0 saturated heterocycles. The van der Waals surface area contributed by atoms with E-state index in [1.807, 2.05) is 0 Å². The first-order valence-corrected chi connectivity index (χ1v) is 10.9. The molecule has 0 aliphatic rings. The Labute approximate surface area is 195 Å². The summed E-state index contributed by atoms with van der Waals surface area (Å²) in [5.74, 6) is -1.33. The van der Waals surface area contributed by atoms with Crippen molar-refractivity contribution >= 4 is 12.1 Å². The fraction of sp³-hybridized carbons (Fsp3) is 0.417. The lowest BCUT2D eigenvalue weighted by molar-refractivity contribution is -0.137. The number of nitrogens with zero attached hydrogens (tertiary/aromatic N) is 1. The summed E-state index contributed by atoms with van der Waals surface area (Å²) >= 11 is 0. The van der Waals surface area contributed by atoms with E-state index >= 15 is 0 Å². The number of carboxylic acids is 1. The standard InChI is InChI=1S/C24H27F4NO5/c25-20-6-2-3-7-21(20)34-23(32)29(15-5-1-4-14-24(26,27)28)16-17-33-19-11-8-18(9-12-19)10-13-22(30)31/h2-3,6-9,11-12H,1,4-5,10,13-17H2,(H,30,31). The number of aliphatic carboxylic acids is 1. The summed E-state index contributed by atoms with van der Waals surface area (Å²) in [7, 11) is 0. The molecule has 10 heteroatoms. The number of amides is 1. The van der Waals surface area contributed by atoms with Crippen molar-refractivity contribution in [1.29, 1.82) is 0 Å². The number of benzene rings is 2. The molecule has 1 N–H and O–H groups in total. The summed E-state index contributed by atoms with van der Waals surface area (Å²) in [5, 5.41) is 8.74. The van der Waals surface area contributed by atoms with Crippen molar-refractivity contribution in [3.8, 4) is 11.5 Å². The molecule has 2 rings (SSSR count). The Morgan fingerprint density at radius 3 is 2.29 bits per heavy atom. The van der Waals surface area contributed by atoms with Gasteiger partial charge in [-0.3, -0.25) is 4.79 Å². The van der Waals surface area contributed by atoms with Gasteiger partial charge in [-0.2, -0.15) is 13.2 Å². The summed E-state index contributed by atoms with van der Waals surface area (Å²) in [6.07, 6.45) is -5.00. The molecule has 2 aromatic carbocycles. The van der Waals surface area contributed by atoms with Crippen LogP contribution in [0.25, 0.3) is 0 Å².